The summed E-state index contributed by atoms with van der Waals surface area (Å²) in [4.78, 5) is 39.5. The number of fused-ring (bicyclic) bond motifs is 1. The van der Waals surface area contributed by atoms with Gasteiger partial charge in [-0.2, -0.15) is 0 Å². The minimum atomic E-state index is -0.132. The van der Waals surface area contributed by atoms with Crippen LogP contribution in [0.1, 0.15) is 78.8 Å². The smallest absolute Gasteiger partial charge is 0.228 e. The quantitative estimate of drug-likeness (QED) is 0.700. The second-order valence-electron chi connectivity index (χ2n) is 9.21. The number of benzene rings is 1. The van der Waals surface area contributed by atoms with Crippen molar-refractivity contribution >= 4 is 17.6 Å². The number of hydrogen-bond acceptors (Lipinski definition) is 4. The van der Waals surface area contributed by atoms with Gasteiger partial charge in [-0.3, -0.25) is 14.5 Å². The van der Waals surface area contributed by atoms with Gasteiger partial charge in [0.05, 0.1) is 12.5 Å². The van der Waals surface area contributed by atoms with Crippen LogP contribution in [0.4, 0.5) is 5.82 Å². The van der Waals surface area contributed by atoms with Crippen molar-refractivity contribution in [3.63, 3.8) is 0 Å². The predicted molar refractivity (Wildman–Crippen MR) is 126 cm³/mol. The Bertz CT molecular complexity index is 1030. The molecular weight excluding hydrogens is 400 g/mol. The van der Waals surface area contributed by atoms with Crippen molar-refractivity contribution in [1.82, 2.24) is 14.9 Å². The van der Waals surface area contributed by atoms with Crippen molar-refractivity contribution in [2.24, 2.45) is 0 Å². The van der Waals surface area contributed by atoms with Crippen LogP contribution in [-0.2, 0) is 22.4 Å². The summed E-state index contributed by atoms with van der Waals surface area (Å²) in [5.74, 6) is 1.70. The molecule has 6 heteroatoms. The van der Waals surface area contributed by atoms with Crippen LogP contribution in [0.2, 0.25) is 0 Å². The van der Waals surface area contributed by atoms with Crippen molar-refractivity contribution in [1.29, 1.82) is 0 Å². The van der Waals surface area contributed by atoms with Crippen LogP contribution in [-0.4, -0.2) is 39.8 Å². The molecule has 2 aliphatic rings. The molecule has 1 aromatic carbocycles. The number of amides is 2. The molecule has 170 valence electrons. The van der Waals surface area contributed by atoms with Crippen LogP contribution < -0.4 is 4.90 Å². The third kappa shape index (κ3) is 4.41. The molecule has 0 spiro atoms. The van der Waals surface area contributed by atoms with Gasteiger partial charge < -0.3 is 4.90 Å². The molecule has 3 heterocycles. The van der Waals surface area contributed by atoms with Gasteiger partial charge in [-0.1, -0.05) is 25.1 Å². The molecule has 0 radical (unpaired) electrons. The van der Waals surface area contributed by atoms with E-state index in [0.29, 0.717) is 31.6 Å². The average Bonchev–Trinajstić information content (AvgIpc) is 2.78. The van der Waals surface area contributed by atoms with E-state index in [2.05, 4.69) is 32.9 Å². The molecule has 1 saturated heterocycles. The molecule has 2 amide bonds. The van der Waals surface area contributed by atoms with Crippen molar-refractivity contribution in [2.75, 3.05) is 18.0 Å². The predicted octanol–water partition coefficient (Wildman–Crippen LogP) is 4.39. The Balaban J connectivity index is 1.63. The number of carbonyl (C=O) groups is 2. The summed E-state index contributed by atoms with van der Waals surface area (Å²) in [6, 6.07) is 6.11. The summed E-state index contributed by atoms with van der Waals surface area (Å²) in [6.45, 7) is 9.65. The summed E-state index contributed by atoms with van der Waals surface area (Å²) >= 11 is 0. The molecule has 1 fully saturated rings. The monoisotopic (exact) mass is 434 g/mol. The summed E-state index contributed by atoms with van der Waals surface area (Å²) in [7, 11) is 0. The first kappa shape index (κ1) is 22.4. The summed E-state index contributed by atoms with van der Waals surface area (Å²) in [5, 5.41) is 0. The third-order valence-corrected chi connectivity index (χ3v) is 6.85. The zero-order chi connectivity index (χ0) is 22.8. The number of likely N-dealkylation sites (tertiary alicyclic amines) is 1. The van der Waals surface area contributed by atoms with E-state index in [9.17, 15) is 9.59 Å². The molecule has 6 nitrogen and oxygen atoms in total. The number of rotatable bonds is 5. The molecule has 0 aliphatic carbocycles. The largest absolute Gasteiger partial charge is 0.332 e. The minimum Gasteiger partial charge on any atom is -0.332 e. The van der Waals surface area contributed by atoms with E-state index in [4.69, 9.17) is 9.97 Å². The van der Waals surface area contributed by atoms with Crippen LogP contribution in [0.25, 0.3) is 0 Å². The van der Waals surface area contributed by atoms with Crippen molar-refractivity contribution in [3.8, 4) is 0 Å². The second-order valence-corrected chi connectivity index (χ2v) is 9.21. The van der Waals surface area contributed by atoms with E-state index in [1.165, 1.54) is 11.1 Å². The van der Waals surface area contributed by atoms with E-state index in [1.54, 1.807) is 0 Å². The lowest BCUT2D eigenvalue weighted by Crippen LogP contribution is -2.41. The molecule has 32 heavy (non-hydrogen) atoms. The van der Waals surface area contributed by atoms with Gasteiger partial charge in [-0.05, 0) is 69.6 Å². The lowest BCUT2D eigenvalue weighted by atomic mass is 9.98. The van der Waals surface area contributed by atoms with Gasteiger partial charge in [-0.25, -0.2) is 9.97 Å². The van der Waals surface area contributed by atoms with Gasteiger partial charge in [0, 0.05) is 30.8 Å². The highest BCUT2D eigenvalue weighted by Crippen LogP contribution is 2.34. The average molecular weight is 435 g/mol. The Morgan fingerprint density at radius 3 is 2.66 bits per heavy atom. The fraction of sp³-hybridized carbons (Fsp3) is 0.538. The zero-order valence-electron chi connectivity index (χ0n) is 19.8. The first-order chi connectivity index (χ1) is 15.4. The molecule has 1 unspecified atom stereocenters. The second kappa shape index (κ2) is 9.39. The lowest BCUT2D eigenvalue weighted by molar-refractivity contribution is -0.134. The molecule has 2 aromatic rings. The highest BCUT2D eigenvalue weighted by Gasteiger charge is 2.33. The van der Waals surface area contributed by atoms with Crippen LogP contribution in [0.5, 0.6) is 0 Å². The summed E-state index contributed by atoms with van der Waals surface area (Å²) < 4.78 is 0. The van der Waals surface area contributed by atoms with Gasteiger partial charge in [0.1, 0.15) is 5.82 Å². The first-order valence-electron chi connectivity index (χ1n) is 11.9. The maximum Gasteiger partial charge on any atom is 0.228 e. The molecule has 4 rings (SSSR count). The normalized spacial score (nSPS) is 18.6. The molecule has 0 N–H and O–H groups in total. The fourth-order valence-corrected chi connectivity index (χ4v) is 4.89. The maximum atomic E-state index is 13.3. The minimum absolute atomic E-state index is 0.124. The molecule has 1 aromatic heterocycles. The molecule has 0 bridgehead atoms. The topological polar surface area (TPSA) is 66.4 Å². The third-order valence-electron chi connectivity index (χ3n) is 6.85. The van der Waals surface area contributed by atoms with E-state index >= 15 is 0 Å². The van der Waals surface area contributed by atoms with Gasteiger partial charge in [0.25, 0.3) is 0 Å². The number of aryl methyl sites for hydroxylation is 3. The van der Waals surface area contributed by atoms with Crippen LogP contribution in [0, 0.1) is 20.8 Å². The van der Waals surface area contributed by atoms with Crippen molar-refractivity contribution in [3.05, 3.63) is 52.0 Å². The Hall–Kier alpha value is -2.76. The van der Waals surface area contributed by atoms with Gasteiger partial charge >= 0.3 is 0 Å². The SMILES string of the molecule is CCCN1C(=O)CCc2c(C)nc(C3CCCCN3C(=O)Cc3ccc(C)c(C)c3)nc21. The van der Waals surface area contributed by atoms with Gasteiger partial charge in [-0.15, -0.1) is 0 Å². The fourth-order valence-electron chi connectivity index (χ4n) is 4.89. The number of aromatic nitrogens is 2. The molecule has 1 atom stereocenters. The van der Waals surface area contributed by atoms with Crippen LogP contribution in [0.15, 0.2) is 18.2 Å². The standard InChI is InChI=1S/C26H34N4O2/c1-5-13-30-23(31)12-11-21-19(4)27-25(28-26(21)30)22-8-6-7-14-29(22)24(32)16-20-10-9-17(2)18(3)15-20/h9-10,15,22H,5-8,11-14,16H2,1-4H3. The van der Waals surface area contributed by atoms with Crippen LogP contribution >= 0.6 is 0 Å². The van der Waals surface area contributed by atoms with E-state index < -0.39 is 0 Å². The Kier molecular flexibility index (Phi) is 6.58. The molecule has 2 aliphatic heterocycles. The number of anilines is 1. The highest BCUT2D eigenvalue weighted by atomic mass is 16.2. The molecule has 0 saturated carbocycles. The molecular formula is C26H34N4O2. The van der Waals surface area contributed by atoms with Crippen LogP contribution in [0.3, 0.4) is 0 Å². The Labute approximate surface area is 191 Å². The highest BCUT2D eigenvalue weighted by molar-refractivity contribution is 5.95. The van der Waals surface area contributed by atoms with E-state index in [0.717, 1.165) is 54.9 Å². The number of carbonyl (C=O) groups excluding carboxylic acids is 2. The van der Waals surface area contributed by atoms with Crippen molar-refractivity contribution in [2.45, 2.75) is 78.7 Å². The van der Waals surface area contributed by atoms with Gasteiger partial charge in [0.15, 0.2) is 5.82 Å². The number of piperidine rings is 1. The Morgan fingerprint density at radius 2 is 1.91 bits per heavy atom. The van der Waals surface area contributed by atoms with Gasteiger partial charge in [0.2, 0.25) is 11.8 Å². The van der Waals surface area contributed by atoms with Crippen molar-refractivity contribution < 1.29 is 9.59 Å². The maximum absolute atomic E-state index is 13.3. The van der Waals surface area contributed by atoms with E-state index in [-0.39, 0.29) is 17.9 Å². The van der Waals surface area contributed by atoms with E-state index in [1.807, 2.05) is 22.8 Å². The summed E-state index contributed by atoms with van der Waals surface area (Å²) in [5.41, 5.74) is 5.50. The number of hydrogen-bond donors (Lipinski definition) is 0. The Morgan fingerprint density at radius 1 is 1.09 bits per heavy atom. The zero-order valence-corrected chi connectivity index (χ0v) is 19.8. The number of nitrogens with zero attached hydrogens (tertiary/aromatic N) is 4. The summed E-state index contributed by atoms with van der Waals surface area (Å²) in [6.07, 6.45) is 5.39. The lowest BCUT2D eigenvalue weighted by Gasteiger charge is -2.36. The first-order valence-corrected chi connectivity index (χ1v) is 11.9.